The van der Waals surface area contributed by atoms with Crippen molar-refractivity contribution in [2.24, 2.45) is 0 Å². The van der Waals surface area contributed by atoms with E-state index < -0.39 is 0 Å². The molecule has 3 heteroatoms. The topological polar surface area (TPSA) is 21.3 Å². The molecule has 0 amide bonds. The molecular weight excluding hydrogens is 302 g/mol. The summed E-state index contributed by atoms with van der Waals surface area (Å²) in [4.78, 5) is 0. The van der Waals surface area contributed by atoms with Crippen molar-refractivity contribution in [1.29, 1.82) is 0 Å². The maximum Gasteiger partial charge on any atom is 0.123 e. The smallest absolute Gasteiger partial charge is 0.123 e. The van der Waals surface area contributed by atoms with Gasteiger partial charge in [-0.1, -0.05) is 34.8 Å². The van der Waals surface area contributed by atoms with Crippen LogP contribution in [0.15, 0.2) is 22.7 Å². The van der Waals surface area contributed by atoms with Crippen LogP contribution >= 0.6 is 15.9 Å². The molecule has 2 rings (SSSR count). The van der Waals surface area contributed by atoms with Gasteiger partial charge >= 0.3 is 0 Å². The molecule has 0 atom stereocenters. The van der Waals surface area contributed by atoms with Gasteiger partial charge in [0.2, 0.25) is 0 Å². The van der Waals surface area contributed by atoms with Crippen molar-refractivity contribution >= 4 is 15.9 Å². The Labute approximate surface area is 125 Å². The van der Waals surface area contributed by atoms with E-state index >= 15 is 0 Å². The highest BCUT2D eigenvalue weighted by atomic mass is 79.9. The molecule has 1 aromatic carbocycles. The van der Waals surface area contributed by atoms with Gasteiger partial charge in [0.1, 0.15) is 5.75 Å². The summed E-state index contributed by atoms with van der Waals surface area (Å²) in [6.07, 6.45) is 7.79. The number of hydrogen-bond donors (Lipinski definition) is 1. The first-order valence-electron chi connectivity index (χ1n) is 7.38. The average Bonchev–Trinajstić information content (AvgIpc) is 3.20. The Morgan fingerprint density at radius 3 is 2.79 bits per heavy atom. The molecule has 1 aliphatic rings. The molecule has 19 heavy (non-hydrogen) atoms. The van der Waals surface area contributed by atoms with E-state index in [2.05, 4.69) is 46.4 Å². The van der Waals surface area contributed by atoms with Gasteiger partial charge in [0.05, 0.1) is 6.61 Å². The molecule has 1 saturated carbocycles. The van der Waals surface area contributed by atoms with Gasteiger partial charge in [0.25, 0.3) is 0 Å². The highest BCUT2D eigenvalue weighted by molar-refractivity contribution is 9.10. The summed E-state index contributed by atoms with van der Waals surface area (Å²) in [6, 6.07) is 7.04. The van der Waals surface area contributed by atoms with Gasteiger partial charge in [0.15, 0.2) is 0 Å². The molecule has 0 heterocycles. The lowest BCUT2D eigenvalue weighted by Crippen LogP contribution is -2.17. The SMILES string of the molecule is Cc1ccc(Br)cc1OCCCCCCNC1CC1. The fraction of sp³-hybridized carbons (Fsp3) is 0.625. The quantitative estimate of drug-likeness (QED) is 0.677. The van der Waals surface area contributed by atoms with Crippen LogP contribution in [0.1, 0.15) is 44.1 Å². The van der Waals surface area contributed by atoms with Crippen LogP contribution in [0.2, 0.25) is 0 Å². The van der Waals surface area contributed by atoms with Crippen LogP contribution in [-0.4, -0.2) is 19.2 Å². The second kappa shape index (κ2) is 7.91. The van der Waals surface area contributed by atoms with E-state index in [-0.39, 0.29) is 0 Å². The maximum atomic E-state index is 5.83. The van der Waals surface area contributed by atoms with Crippen LogP contribution in [0.4, 0.5) is 0 Å². The van der Waals surface area contributed by atoms with Crippen LogP contribution in [-0.2, 0) is 0 Å². The molecular formula is C16H24BrNO. The minimum absolute atomic E-state index is 0.827. The van der Waals surface area contributed by atoms with Gasteiger partial charge in [-0.2, -0.15) is 0 Å². The van der Waals surface area contributed by atoms with Crippen molar-refractivity contribution in [3.8, 4) is 5.75 Å². The second-order valence-electron chi connectivity index (χ2n) is 5.40. The number of hydrogen-bond acceptors (Lipinski definition) is 2. The van der Waals surface area contributed by atoms with Crippen molar-refractivity contribution < 1.29 is 4.74 Å². The molecule has 0 bridgehead atoms. The maximum absolute atomic E-state index is 5.83. The van der Waals surface area contributed by atoms with Crippen LogP contribution in [0, 0.1) is 6.92 Å². The van der Waals surface area contributed by atoms with Gasteiger partial charge < -0.3 is 10.1 Å². The summed E-state index contributed by atoms with van der Waals surface area (Å²) in [6.45, 7) is 4.11. The summed E-state index contributed by atoms with van der Waals surface area (Å²) in [7, 11) is 0. The first-order chi connectivity index (χ1) is 9.25. The minimum atomic E-state index is 0.827. The molecule has 1 aliphatic carbocycles. The zero-order valence-corrected chi connectivity index (χ0v) is 13.3. The molecule has 106 valence electrons. The van der Waals surface area contributed by atoms with E-state index in [1.165, 1.54) is 44.2 Å². The summed E-state index contributed by atoms with van der Waals surface area (Å²) < 4.78 is 6.91. The molecule has 0 unspecified atom stereocenters. The zero-order valence-electron chi connectivity index (χ0n) is 11.8. The Balaban J connectivity index is 1.49. The third-order valence-electron chi connectivity index (χ3n) is 3.49. The van der Waals surface area contributed by atoms with Gasteiger partial charge in [-0.25, -0.2) is 0 Å². The molecule has 0 radical (unpaired) electrons. The Morgan fingerprint density at radius 2 is 2.00 bits per heavy atom. The van der Waals surface area contributed by atoms with Crippen LogP contribution < -0.4 is 10.1 Å². The highest BCUT2D eigenvalue weighted by Crippen LogP contribution is 2.23. The standard InChI is InChI=1S/C16H24BrNO/c1-13-6-7-14(17)12-16(13)19-11-5-3-2-4-10-18-15-8-9-15/h6-7,12,15,18H,2-5,8-11H2,1H3. The largest absolute Gasteiger partial charge is 0.493 e. The fourth-order valence-corrected chi connectivity index (χ4v) is 2.43. The van der Waals surface area contributed by atoms with Crippen LogP contribution in [0.5, 0.6) is 5.75 Å². The number of rotatable bonds is 9. The number of nitrogens with one attached hydrogen (secondary N) is 1. The number of halogens is 1. The third kappa shape index (κ3) is 5.96. The predicted molar refractivity (Wildman–Crippen MR) is 83.9 cm³/mol. The van der Waals surface area contributed by atoms with Crippen molar-refractivity contribution in [2.75, 3.05) is 13.2 Å². The second-order valence-corrected chi connectivity index (χ2v) is 6.32. The van der Waals surface area contributed by atoms with Crippen LogP contribution in [0.3, 0.4) is 0 Å². The summed E-state index contributed by atoms with van der Waals surface area (Å²) in [5, 5.41) is 3.55. The Kier molecular flexibility index (Phi) is 6.18. The van der Waals surface area contributed by atoms with Crippen molar-refractivity contribution in [3.63, 3.8) is 0 Å². The number of benzene rings is 1. The first-order valence-corrected chi connectivity index (χ1v) is 8.17. The van der Waals surface area contributed by atoms with Gasteiger partial charge in [-0.05, 0) is 56.8 Å². The molecule has 1 aromatic rings. The Hall–Kier alpha value is -0.540. The summed E-state index contributed by atoms with van der Waals surface area (Å²) >= 11 is 3.48. The van der Waals surface area contributed by atoms with E-state index in [4.69, 9.17) is 4.74 Å². The third-order valence-corrected chi connectivity index (χ3v) is 3.98. The average molecular weight is 326 g/mol. The molecule has 0 aromatic heterocycles. The van der Waals surface area contributed by atoms with Crippen LogP contribution in [0.25, 0.3) is 0 Å². The lowest BCUT2D eigenvalue weighted by Gasteiger charge is -2.09. The summed E-state index contributed by atoms with van der Waals surface area (Å²) in [5.74, 6) is 1.00. The summed E-state index contributed by atoms with van der Waals surface area (Å²) in [5.41, 5.74) is 1.21. The molecule has 1 fully saturated rings. The van der Waals surface area contributed by atoms with E-state index in [1.807, 2.05) is 0 Å². The van der Waals surface area contributed by atoms with Crippen molar-refractivity contribution in [3.05, 3.63) is 28.2 Å². The number of unbranched alkanes of at least 4 members (excludes halogenated alkanes) is 3. The normalized spacial score (nSPS) is 14.6. The van der Waals surface area contributed by atoms with E-state index in [9.17, 15) is 0 Å². The molecule has 0 aliphatic heterocycles. The fourth-order valence-electron chi connectivity index (χ4n) is 2.09. The zero-order chi connectivity index (χ0) is 13.5. The number of aryl methyl sites for hydroxylation is 1. The van der Waals surface area contributed by atoms with Crippen molar-refractivity contribution in [1.82, 2.24) is 5.32 Å². The van der Waals surface area contributed by atoms with E-state index in [0.717, 1.165) is 29.3 Å². The van der Waals surface area contributed by atoms with E-state index in [1.54, 1.807) is 0 Å². The first kappa shape index (κ1) is 14.9. The minimum Gasteiger partial charge on any atom is -0.493 e. The predicted octanol–water partition coefficient (Wildman–Crippen LogP) is 4.45. The van der Waals surface area contributed by atoms with Crippen molar-refractivity contribution in [2.45, 2.75) is 51.5 Å². The molecule has 0 saturated heterocycles. The highest BCUT2D eigenvalue weighted by Gasteiger charge is 2.19. The van der Waals surface area contributed by atoms with E-state index in [0.29, 0.717) is 0 Å². The lowest BCUT2D eigenvalue weighted by molar-refractivity contribution is 0.302. The monoisotopic (exact) mass is 325 g/mol. The number of ether oxygens (including phenoxy) is 1. The Bertz CT molecular complexity index is 390. The molecule has 0 spiro atoms. The van der Waals surface area contributed by atoms with Gasteiger partial charge in [0, 0.05) is 10.5 Å². The molecule has 2 nitrogen and oxygen atoms in total. The molecule has 1 N–H and O–H groups in total. The Morgan fingerprint density at radius 1 is 1.21 bits per heavy atom. The van der Waals surface area contributed by atoms with Gasteiger partial charge in [-0.3, -0.25) is 0 Å². The van der Waals surface area contributed by atoms with Gasteiger partial charge in [-0.15, -0.1) is 0 Å². The lowest BCUT2D eigenvalue weighted by atomic mass is 10.2.